The molecule has 0 fully saturated rings. The molecule has 2 atom stereocenters. The molecule has 0 aliphatic rings. The molecule has 0 rings (SSSR count). The van der Waals surface area contributed by atoms with Crippen LogP contribution in [0.3, 0.4) is 0 Å². The minimum atomic E-state index is -4.28. The zero-order chi connectivity index (χ0) is 44.8. The van der Waals surface area contributed by atoms with Crippen molar-refractivity contribution in [3.8, 4) is 0 Å². The van der Waals surface area contributed by atoms with Gasteiger partial charge in [0.05, 0.1) is 34.4 Å². The van der Waals surface area contributed by atoms with Crippen LogP contribution in [0.15, 0.2) is 36.5 Å². The van der Waals surface area contributed by atoms with E-state index in [1.165, 1.54) is 173 Å². The van der Waals surface area contributed by atoms with Crippen LogP contribution in [-0.2, 0) is 27.9 Å². The van der Waals surface area contributed by atoms with Gasteiger partial charge < -0.3 is 18.9 Å². The molecule has 0 spiro atoms. The molecule has 0 heterocycles. The van der Waals surface area contributed by atoms with E-state index in [2.05, 4.69) is 50.3 Å². The SMILES string of the molecule is CCCCCC/C=C\CCCCCCCCOCC(COP(=O)(O)OCC[N+](C)(C)C)OC(=O)CCCCCCCCCCCCCCC/C=C\C/C=C\CCCCCCC. The van der Waals surface area contributed by atoms with E-state index in [1.807, 2.05) is 21.1 Å². The molecule has 0 bridgehead atoms. The summed E-state index contributed by atoms with van der Waals surface area (Å²) in [5.74, 6) is -0.315. The Morgan fingerprint density at radius 1 is 0.508 bits per heavy atom. The quantitative estimate of drug-likeness (QED) is 0.0214. The highest BCUT2D eigenvalue weighted by Gasteiger charge is 2.26. The van der Waals surface area contributed by atoms with E-state index >= 15 is 0 Å². The van der Waals surface area contributed by atoms with Crippen molar-refractivity contribution in [2.75, 3.05) is 54.1 Å². The van der Waals surface area contributed by atoms with Gasteiger partial charge >= 0.3 is 13.8 Å². The maximum Gasteiger partial charge on any atom is 0.472 e. The van der Waals surface area contributed by atoms with E-state index in [-0.39, 0.29) is 25.8 Å². The predicted molar refractivity (Wildman–Crippen MR) is 261 cm³/mol. The molecule has 0 aromatic heterocycles. The topological polar surface area (TPSA) is 91.3 Å². The van der Waals surface area contributed by atoms with Gasteiger partial charge in [-0.15, -0.1) is 0 Å². The van der Waals surface area contributed by atoms with Crippen molar-refractivity contribution < 1.29 is 37.3 Å². The van der Waals surface area contributed by atoms with Crippen LogP contribution >= 0.6 is 7.82 Å². The summed E-state index contributed by atoms with van der Waals surface area (Å²) in [7, 11) is 1.67. The number of carbonyl (C=O) groups excluding carboxylic acids is 1. The van der Waals surface area contributed by atoms with E-state index in [9.17, 15) is 14.3 Å². The number of quaternary nitrogens is 1. The van der Waals surface area contributed by atoms with Gasteiger partial charge in [-0.1, -0.05) is 192 Å². The fourth-order valence-electron chi connectivity index (χ4n) is 7.17. The van der Waals surface area contributed by atoms with Crippen LogP contribution in [0.25, 0.3) is 0 Å². The third-order valence-electron chi connectivity index (χ3n) is 11.2. The zero-order valence-electron chi connectivity index (χ0n) is 40.9. The van der Waals surface area contributed by atoms with Gasteiger partial charge in [-0.2, -0.15) is 0 Å². The van der Waals surface area contributed by atoms with Crippen LogP contribution in [0.4, 0.5) is 0 Å². The summed E-state index contributed by atoms with van der Waals surface area (Å²) in [4.78, 5) is 23.0. The number of phosphoric acid groups is 1. The number of carbonyl (C=O) groups is 1. The number of likely N-dealkylation sites (N-methyl/N-ethyl adjacent to an activating group) is 1. The Morgan fingerprint density at radius 3 is 1.36 bits per heavy atom. The van der Waals surface area contributed by atoms with Crippen molar-refractivity contribution in [1.82, 2.24) is 0 Å². The lowest BCUT2D eigenvalue weighted by Gasteiger charge is -2.24. The monoisotopic (exact) mass is 883 g/mol. The molecule has 0 aromatic rings. The van der Waals surface area contributed by atoms with Crippen LogP contribution in [0.2, 0.25) is 0 Å². The first-order valence-electron chi connectivity index (χ1n) is 25.7. The molecular formula is C52H101NO7P+. The minimum Gasteiger partial charge on any atom is -0.457 e. The second-order valence-corrected chi connectivity index (χ2v) is 20.0. The molecule has 0 aliphatic heterocycles. The van der Waals surface area contributed by atoms with Crippen LogP contribution in [0.1, 0.15) is 232 Å². The standard InChI is InChI=1S/C52H100NO7P/c1-6-8-10-12-14-16-18-20-22-23-24-25-26-27-28-29-30-31-32-33-35-37-39-41-43-45-52(54)60-51(50-59-61(55,56)58-48-46-53(3,4)5)49-57-47-44-42-40-38-36-34-21-19-17-15-13-11-9-7-2/h17-20,23-24,51H,6-16,21-22,25-50H2,1-5H3/p+1/b19-17-,20-18-,24-23-. The predicted octanol–water partition coefficient (Wildman–Crippen LogP) is 15.7. The Morgan fingerprint density at radius 2 is 0.902 bits per heavy atom. The first-order valence-corrected chi connectivity index (χ1v) is 27.2. The van der Waals surface area contributed by atoms with Crippen molar-refractivity contribution in [1.29, 1.82) is 0 Å². The number of hydrogen-bond donors (Lipinski definition) is 1. The molecule has 0 radical (unpaired) electrons. The molecule has 61 heavy (non-hydrogen) atoms. The summed E-state index contributed by atoms with van der Waals surface area (Å²) in [5.41, 5.74) is 0. The van der Waals surface area contributed by atoms with E-state index in [1.54, 1.807) is 0 Å². The van der Waals surface area contributed by atoms with E-state index in [0.717, 1.165) is 38.5 Å². The summed E-state index contributed by atoms with van der Waals surface area (Å²) in [5, 5.41) is 0. The summed E-state index contributed by atoms with van der Waals surface area (Å²) >= 11 is 0. The van der Waals surface area contributed by atoms with Gasteiger partial charge in [0.25, 0.3) is 0 Å². The number of unbranched alkanes of at least 4 members (excludes halogenated alkanes) is 28. The number of ether oxygens (including phenoxy) is 2. The Kier molecular flexibility index (Phi) is 44.3. The smallest absolute Gasteiger partial charge is 0.457 e. The Labute approximate surface area is 378 Å². The Bertz CT molecular complexity index is 1070. The molecule has 0 aromatic carbocycles. The highest BCUT2D eigenvalue weighted by Crippen LogP contribution is 2.43. The molecule has 360 valence electrons. The fraction of sp³-hybridized carbons (Fsp3) is 0.865. The molecule has 0 aliphatic carbocycles. The minimum absolute atomic E-state index is 0.0879. The van der Waals surface area contributed by atoms with Crippen molar-refractivity contribution >= 4 is 13.8 Å². The van der Waals surface area contributed by atoms with Gasteiger partial charge in [0, 0.05) is 13.0 Å². The number of allylic oxidation sites excluding steroid dienone is 6. The second-order valence-electron chi connectivity index (χ2n) is 18.5. The molecule has 0 amide bonds. The average molecular weight is 883 g/mol. The molecule has 0 saturated heterocycles. The first kappa shape index (κ1) is 59.7. The van der Waals surface area contributed by atoms with Gasteiger partial charge in [-0.05, 0) is 70.6 Å². The lowest BCUT2D eigenvalue weighted by Crippen LogP contribution is -2.37. The fourth-order valence-corrected chi connectivity index (χ4v) is 7.91. The van der Waals surface area contributed by atoms with Gasteiger partial charge in [0.2, 0.25) is 0 Å². The van der Waals surface area contributed by atoms with Crippen molar-refractivity contribution in [2.24, 2.45) is 0 Å². The average Bonchev–Trinajstić information content (AvgIpc) is 3.22. The summed E-state index contributed by atoms with van der Waals surface area (Å²) in [6.07, 6.45) is 54.7. The Balaban J connectivity index is 4.08. The van der Waals surface area contributed by atoms with Crippen molar-refractivity contribution in [3.05, 3.63) is 36.5 Å². The van der Waals surface area contributed by atoms with Crippen molar-refractivity contribution in [3.63, 3.8) is 0 Å². The van der Waals surface area contributed by atoms with Crippen LogP contribution in [0, 0.1) is 0 Å². The number of hydrogen-bond acceptors (Lipinski definition) is 6. The third kappa shape index (κ3) is 49.6. The Hall–Kier alpha value is -1.28. The van der Waals surface area contributed by atoms with Crippen LogP contribution < -0.4 is 0 Å². The molecular weight excluding hydrogens is 782 g/mol. The highest BCUT2D eigenvalue weighted by atomic mass is 31.2. The molecule has 0 saturated carbocycles. The maximum absolute atomic E-state index is 12.8. The van der Waals surface area contributed by atoms with E-state index < -0.39 is 13.9 Å². The lowest BCUT2D eigenvalue weighted by molar-refractivity contribution is -0.870. The number of phosphoric ester groups is 1. The summed E-state index contributed by atoms with van der Waals surface area (Å²) < 4.78 is 35.1. The maximum atomic E-state index is 12.8. The molecule has 2 unspecified atom stereocenters. The first-order chi connectivity index (χ1) is 29.6. The van der Waals surface area contributed by atoms with Crippen LogP contribution in [0.5, 0.6) is 0 Å². The van der Waals surface area contributed by atoms with Gasteiger partial charge in [-0.25, -0.2) is 4.57 Å². The van der Waals surface area contributed by atoms with Crippen molar-refractivity contribution in [2.45, 2.75) is 238 Å². The number of nitrogens with zero attached hydrogens (tertiary/aromatic N) is 1. The van der Waals surface area contributed by atoms with E-state index in [4.69, 9.17) is 18.5 Å². The normalized spacial score (nSPS) is 13.9. The molecule has 9 heteroatoms. The lowest BCUT2D eigenvalue weighted by atomic mass is 10.0. The zero-order valence-corrected chi connectivity index (χ0v) is 41.8. The largest absolute Gasteiger partial charge is 0.472 e. The third-order valence-corrected chi connectivity index (χ3v) is 12.2. The van der Waals surface area contributed by atoms with E-state index in [0.29, 0.717) is 24.1 Å². The number of rotatable bonds is 48. The summed E-state index contributed by atoms with van der Waals surface area (Å²) in [6, 6.07) is 0. The molecule has 1 N–H and O–H groups in total. The second kappa shape index (κ2) is 45.3. The summed E-state index contributed by atoms with van der Waals surface area (Å²) in [6.45, 7) is 5.61. The number of esters is 1. The van der Waals surface area contributed by atoms with Gasteiger partial charge in [-0.3, -0.25) is 13.8 Å². The van der Waals surface area contributed by atoms with Gasteiger partial charge in [0.15, 0.2) is 0 Å². The molecule has 8 nitrogen and oxygen atoms in total. The van der Waals surface area contributed by atoms with Gasteiger partial charge in [0.1, 0.15) is 19.3 Å². The van der Waals surface area contributed by atoms with Crippen LogP contribution in [-0.4, -0.2) is 75.6 Å². The highest BCUT2D eigenvalue weighted by molar-refractivity contribution is 7.47.